The molecule has 15 heavy (non-hydrogen) atoms. The van der Waals surface area contributed by atoms with Gasteiger partial charge in [-0.25, -0.2) is 0 Å². The predicted molar refractivity (Wildman–Crippen MR) is 62.6 cm³/mol. The maximum atomic E-state index is 9.30. The molecule has 84 valence electrons. The van der Waals surface area contributed by atoms with Crippen LogP contribution in [0.3, 0.4) is 0 Å². The Bertz CT molecular complexity index is 337. The average molecular weight is 275 g/mol. The lowest BCUT2D eigenvalue weighted by Gasteiger charge is -2.12. The highest BCUT2D eigenvalue weighted by molar-refractivity contribution is 9.10. The molecule has 0 saturated carbocycles. The van der Waals surface area contributed by atoms with Crippen LogP contribution >= 0.6 is 15.9 Å². The summed E-state index contributed by atoms with van der Waals surface area (Å²) in [5, 5.41) is 9.30. The van der Waals surface area contributed by atoms with Crippen LogP contribution < -0.4 is 9.47 Å². The van der Waals surface area contributed by atoms with Gasteiger partial charge in [0.15, 0.2) is 11.5 Å². The van der Waals surface area contributed by atoms with E-state index in [0.717, 1.165) is 10.0 Å². The van der Waals surface area contributed by atoms with Gasteiger partial charge in [0.05, 0.1) is 24.8 Å². The minimum atomic E-state index is -0.366. The highest BCUT2D eigenvalue weighted by Gasteiger charge is 2.11. The summed E-state index contributed by atoms with van der Waals surface area (Å²) in [5.74, 6) is 1.34. The lowest BCUT2D eigenvalue weighted by molar-refractivity contribution is 0.195. The quantitative estimate of drug-likeness (QED) is 0.917. The van der Waals surface area contributed by atoms with Crippen LogP contribution in [-0.4, -0.2) is 25.4 Å². The molecule has 0 aliphatic rings. The third kappa shape index (κ3) is 3.11. The Morgan fingerprint density at radius 1 is 1.33 bits per heavy atom. The van der Waals surface area contributed by atoms with E-state index < -0.39 is 0 Å². The number of ether oxygens (including phenoxy) is 2. The van der Waals surface area contributed by atoms with Crippen LogP contribution in [-0.2, 0) is 6.42 Å². The van der Waals surface area contributed by atoms with Crippen molar-refractivity contribution in [3.05, 3.63) is 22.2 Å². The van der Waals surface area contributed by atoms with Crippen LogP contribution in [0.25, 0.3) is 0 Å². The molecule has 1 rings (SSSR count). The van der Waals surface area contributed by atoms with Crippen molar-refractivity contribution >= 4 is 15.9 Å². The molecule has 4 heteroatoms. The summed E-state index contributed by atoms with van der Waals surface area (Å²) >= 11 is 3.40. The fourth-order valence-corrected chi connectivity index (χ4v) is 2.08. The summed E-state index contributed by atoms with van der Waals surface area (Å²) in [5.41, 5.74) is 1.01. The Hall–Kier alpha value is -0.740. The van der Waals surface area contributed by atoms with Gasteiger partial charge in [-0.1, -0.05) is 0 Å². The van der Waals surface area contributed by atoms with Gasteiger partial charge in [-0.15, -0.1) is 0 Å². The molecule has 0 fully saturated rings. The molecule has 1 N–H and O–H groups in total. The van der Waals surface area contributed by atoms with Gasteiger partial charge in [0.25, 0.3) is 0 Å². The lowest BCUT2D eigenvalue weighted by Crippen LogP contribution is -2.04. The van der Waals surface area contributed by atoms with Crippen molar-refractivity contribution < 1.29 is 14.6 Å². The molecule has 0 spiro atoms. The van der Waals surface area contributed by atoms with Crippen molar-refractivity contribution in [3.8, 4) is 11.5 Å². The molecule has 0 aliphatic heterocycles. The number of benzene rings is 1. The standard InChI is InChI=1S/C11H15BrO3/c1-7(13)4-8-5-9(12)11(15-3)10(6-8)14-2/h5-7,13H,4H2,1-3H3/t7-/m1/s1. The van der Waals surface area contributed by atoms with E-state index in [1.807, 2.05) is 12.1 Å². The van der Waals surface area contributed by atoms with Crippen molar-refractivity contribution in [2.24, 2.45) is 0 Å². The first-order valence-electron chi connectivity index (χ1n) is 4.67. The van der Waals surface area contributed by atoms with Gasteiger partial charge in [0, 0.05) is 0 Å². The Balaban J connectivity index is 3.08. The van der Waals surface area contributed by atoms with Gasteiger partial charge >= 0.3 is 0 Å². The zero-order chi connectivity index (χ0) is 11.4. The van der Waals surface area contributed by atoms with Crippen LogP contribution in [0.5, 0.6) is 11.5 Å². The van der Waals surface area contributed by atoms with E-state index >= 15 is 0 Å². The van der Waals surface area contributed by atoms with Crippen LogP contribution in [0.2, 0.25) is 0 Å². The Morgan fingerprint density at radius 2 is 2.00 bits per heavy atom. The maximum Gasteiger partial charge on any atom is 0.174 e. The molecule has 0 radical (unpaired) electrons. The second kappa shape index (κ2) is 5.37. The van der Waals surface area contributed by atoms with Crippen LogP contribution in [0, 0.1) is 0 Å². The van der Waals surface area contributed by atoms with Gasteiger partial charge in [0.2, 0.25) is 0 Å². The van der Waals surface area contributed by atoms with E-state index in [1.54, 1.807) is 21.1 Å². The minimum Gasteiger partial charge on any atom is -0.493 e. The largest absolute Gasteiger partial charge is 0.493 e. The monoisotopic (exact) mass is 274 g/mol. The fraction of sp³-hybridized carbons (Fsp3) is 0.455. The van der Waals surface area contributed by atoms with Crippen LogP contribution in [0.15, 0.2) is 16.6 Å². The number of aliphatic hydroxyl groups is 1. The molecule has 1 aromatic rings. The molecule has 0 unspecified atom stereocenters. The van der Waals surface area contributed by atoms with E-state index in [-0.39, 0.29) is 6.10 Å². The first-order valence-corrected chi connectivity index (χ1v) is 5.46. The number of rotatable bonds is 4. The third-order valence-corrected chi connectivity index (χ3v) is 2.61. The summed E-state index contributed by atoms with van der Waals surface area (Å²) in [6.07, 6.45) is 0.230. The van der Waals surface area contributed by atoms with Crippen molar-refractivity contribution in [3.63, 3.8) is 0 Å². The molecule has 0 amide bonds. The molecule has 0 saturated heterocycles. The van der Waals surface area contributed by atoms with E-state index in [9.17, 15) is 5.11 Å². The SMILES string of the molecule is COc1cc(C[C@@H](C)O)cc(Br)c1OC. The summed E-state index contributed by atoms with van der Waals surface area (Å²) in [4.78, 5) is 0. The average Bonchev–Trinajstić information content (AvgIpc) is 2.15. The zero-order valence-corrected chi connectivity index (χ0v) is 10.7. The Morgan fingerprint density at radius 3 is 2.47 bits per heavy atom. The van der Waals surface area contributed by atoms with Crippen molar-refractivity contribution in [1.82, 2.24) is 0 Å². The third-order valence-electron chi connectivity index (χ3n) is 2.02. The molecule has 3 nitrogen and oxygen atoms in total. The fourth-order valence-electron chi connectivity index (χ4n) is 1.43. The second-order valence-electron chi connectivity index (χ2n) is 3.37. The van der Waals surface area contributed by atoms with Crippen molar-refractivity contribution in [2.45, 2.75) is 19.4 Å². The van der Waals surface area contributed by atoms with Gasteiger partial charge in [-0.3, -0.25) is 0 Å². The van der Waals surface area contributed by atoms with E-state index in [1.165, 1.54) is 0 Å². The number of halogens is 1. The molecule has 0 heterocycles. The molecule has 0 aromatic heterocycles. The van der Waals surface area contributed by atoms with Gasteiger partial charge in [0.1, 0.15) is 0 Å². The van der Waals surface area contributed by atoms with Crippen LogP contribution in [0.4, 0.5) is 0 Å². The first-order chi connectivity index (χ1) is 7.08. The maximum absolute atomic E-state index is 9.30. The summed E-state index contributed by atoms with van der Waals surface area (Å²) < 4.78 is 11.2. The van der Waals surface area contributed by atoms with Gasteiger partial charge in [-0.2, -0.15) is 0 Å². The number of methoxy groups -OCH3 is 2. The van der Waals surface area contributed by atoms with E-state index in [0.29, 0.717) is 17.9 Å². The molecular formula is C11H15BrO3. The summed E-state index contributed by atoms with van der Waals surface area (Å²) in [6.45, 7) is 1.75. The first kappa shape index (κ1) is 12.3. The second-order valence-corrected chi connectivity index (χ2v) is 4.22. The molecule has 1 atom stereocenters. The number of hydrogen-bond acceptors (Lipinski definition) is 3. The minimum absolute atomic E-state index is 0.366. The predicted octanol–water partition coefficient (Wildman–Crippen LogP) is 2.39. The Kier molecular flexibility index (Phi) is 4.42. The normalized spacial score (nSPS) is 12.3. The molecule has 1 aromatic carbocycles. The number of aliphatic hydroxyl groups excluding tert-OH is 1. The Labute approximate surface area is 98.1 Å². The van der Waals surface area contributed by atoms with Crippen molar-refractivity contribution in [2.75, 3.05) is 14.2 Å². The van der Waals surface area contributed by atoms with Crippen molar-refractivity contribution in [1.29, 1.82) is 0 Å². The zero-order valence-electron chi connectivity index (χ0n) is 9.08. The molecular weight excluding hydrogens is 260 g/mol. The van der Waals surface area contributed by atoms with Gasteiger partial charge < -0.3 is 14.6 Å². The van der Waals surface area contributed by atoms with E-state index in [2.05, 4.69) is 15.9 Å². The summed E-state index contributed by atoms with van der Waals surface area (Å²) in [6, 6.07) is 3.80. The lowest BCUT2D eigenvalue weighted by atomic mass is 10.1. The molecule has 0 bridgehead atoms. The summed E-state index contributed by atoms with van der Waals surface area (Å²) in [7, 11) is 3.19. The number of hydrogen-bond donors (Lipinski definition) is 1. The topological polar surface area (TPSA) is 38.7 Å². The molecule has 0 aliphatic carbocycles. The smallest absolute Gasteiger partial charge is 0.174 e. The van der Waals surface area contributed by atoms with E-state index in [4.69, 9.17) is 9.47 Å². The van der Waals surface area contributed by atoms with Gasteiger partial charge in [-0.05, 0) is 47.0 Å². The van der Waals surface area contributed by atoms with Crippen LogP contribution in [0.1, 0.15) is 12.5 Å². The highest BCUT2D eigenvalue weighted by Crippen LogP contribution is 2.36. The highest BCUT2D eigenvalue weighted by atomic mass is 79.9.